The molecular formula is C23H45NSn. The third-order valence-corrected chi connectivity index (χ3v) is 19.4. The van der Waals surface area contributed by atoms with Gasteiger partial charge in [0, 0.05) is 0 Å². The fraction of sp³-hybridized carbons (Fsp3) is 0.913. The van der Waals surface area contributed by atoms with Gasteiger partial charge in [-0.3, -0.25) is 0 Å². The van der Waals surface area contributed by atoms with Crippen LogP contribution in [0.5, 0.6) is 0 Å². The number of unbranched alkanes of at least 4 members (excludes halogenated alkanes) is 3. The van der Waals surface area contributed by atoms with Crippen molar-refractivity contribution in [1.82, 2.24) is 4.90 Å². The van der Waals surface area contributed by atoms with Crippen molar-refractivity contribution < 1.29 is 0 Å². The summed E-state index contributed by atoms with van der Waals surface area (Å²) in [6, 6.07) is 0.819. The van der Waals surface area contributed by atoms with E-state index in [1.165, 1.54) is 90.5 Å². The zero-order valence-corrected chi connectivity index (χ0v) is 20.7. The standard InChI is InChI=1S/C11H18N.3C4H9.Sn/c1-3-10-12(4-2)11-8-6-5-7-9-11;3*1-3-4-2;/h11H,4-10H2,2H3;3*1,3-4H2,2H3;. The van der Waals surface area contributed by atoms with Gasteiger partial charge in [0.2, 0.25) is 0 Å². The van der Waals surface area contributed by atoms with Crippen LogP contribution in [0.25, 0.3) is 0 Å². The minimum absolute atomic E-state index is 0.819. The maximum atomic E-state index is 4.06. The monoisotopic (exact) mass is 455 g/mol. The first kappa shape index (κ1) is 23.4. The van der Waals surface area contributed by atoms with Gasteiger partial charge in [0.15, 0.2) is 0 Å². The van der Waals surface area contributed by atoms with Crippen LogP contribution in [0.3, 0.4) is 0 Å². The summed E-state index contributed by atoms with van der Waals surface area (Å²) < 4.78 is 8.62. The normalized spacial score (nSPS) is 16.0. The van der Waals surface area contributed by atoms with Crippen molar-refractivity contribution in [2.45, 2.75) is 118 Å². The van der Waals surface area contributed by atoms with E-state index in [0.717, 1.165) is 12.6 Å². The predicted octanol–water partition coefficient (Wildman–Crippen LogP) is 7.03. The van der Waals surface area contributed by atoms with Gasteiger partial charge in [-0.05, 0) is 0 Å². The quantitative estimate of drug-likeness (QED) is 0.226. The SMILES string of the molecule is CCC[CH2][Sn]([C]#CCN(CC)C1CCCCC1)([CH2]CCC)[CH2]CCC. The van der Waals surface area contributed by atoms with E-state index in [-0.39, 0.29) is 0 Å². The molecule has 1 rings (SSSR count). The molecule has 0 aromatic rings. The van der Waals surface area contributed by atoms with Crippen LogP contribution >= 0.6 is 0 Å². The van der Waals surface area contributed by atoms with Crippen LogP contribution in [0.2, 0.25) is 13.3 Å². The van der Waals surface area contributed by atoms with Gasteiger partial charge in [0.05, 0.1) is 0 Å². The Bertz CT molecular complexity index is 354. The number of hydrogen-bond donors (Lipinski definition) is 0. The van der Waals surface area contributed by atoms with E-state index in [1.807, 2.05) is 0 Å². The summed E-state index contributed by atoms with van der Waals surface area (Å²) in [6.45, 7) is 11.6. The van der Waals surface area contributed by atoms with Gasteiger partial charge in [-0.2, -0.15) is 0 Å². The fourth-order valence-corrected chi connectivity index (χ4v) is 17.7. The summed E-state index contributed by atoms with van der Waals surface area (Å²) in [7, 11) is 0. The van der Waals surface area contributed by atoms with E-state index >= 15 is 0 Å². The molecule has 0 unspecified atom stereocenters. The molecule has 0 aliphatic heterocycles. The average Bonchev–Trinajstić information content (AvgIpc) is 2.66. The first-order valence-electron chi connectivity index (χ1n) is 11.4. The fourth-order valence-electron chi connectivity index (χ4n) is 4.38. The zero-order chi connectivity index (χ0) is 18.4. The van der Waals surface area contributed by atoms with Gasteiger partial charge < -0.3 is 0 Å². The summed E-state index contributed by atoms with van der Waals surface area (Å²) in [5.74, 6) is 3.77. The van der Waals surface area contributed by atoms with Gasteiger partial charge in [-0.1, -0.05) is 0 Å². The molecule has 25 heavy (non-hydrogen) atoms. The first-order chi connectivity index (χ1) is 12.2. The molecule has 1 aliphatic rings. The molecule has 0 amide bonds. The molecule has 1 nitrogen and oxygen atoms in total. The molecule has 1 fully saturated rings. The van der Waals surface area contributed by atoms with Crippen molar-refractivity contribution in [2.24, 2.45) is 0 Å². The molecule has 0 heterocycles. The van der Waals surface area contributed by atoms with Gasteiger partial charge in [0.1, 0.15) is 0 Å². The second-order valence-corrected chi connectivity index (χ2v) is 20.6. The number of nitrogens with zero attached hydrogens (tertiary/aromatic N) is 1. The van der Waals surface area contributed by atoms with Crippen molar-refractivity contribution >= 4 is 18.4 Å². The summed E-state index contributed by atoms with van der Waals surface area (Å²) in [5.41, 5.74) is 0. The Kier molecular flexibility index (Phi) is 13.4. The van der Waals surface area contributed by atoms with Crippen LogP contribution in [0.4, 0.5) is 0 Å². The van der Waals surface area contributed by atoms with Crippen molar-refractivity contribution in [1.29, 1.82) is 0 Å². The van der Waals surface area contributed by atoms with E-state index in [4.69, 9.17) is 0 Å². The zero-order valence-electron chi connectivity index (χ0n) is 17.8. The van der Waals surface area contributed by atoms with Crippen LogP contribution in [-0.4, -0.2) is 42.4 Å². The molecule has 0 aromatic heterocycles. The van der Waals surface area contributed by atoms with E-state index in [2.05, 4.69) is 42.5 Å². The molecule has 0 saturated heterocycles. The second kappa shape index (κ2) is 14.4. The third kappa shape index (κ3) is 9.18. The molecule has 1 aliphatic carbocycles. The van der Waals surface area contributed by atoms with Gasteiger partial charge in [-0.25, -0.2) is 0 Å². The molecule has 0 aromatic carbocycles. The van der Waals surface area contributed by atoms with Gasteiger partial charge in [-0.15, -0.1) is 0 Å². The van der Waals surface area contributed by atoms with Crippen LogP contribution in [0.1, 0.15) is 98.3 Å². The van der Waals surface area contributed by atoms with Crippen LogP contribution in [0, 0.1) is 9.86 Å². The van der Waals surface area contributed by atoms with Crippen molar-refractivity contribution in [2.75, 3.05) is 13.1 Å². The summed E-state index contributed by atoms with van der Waals surface area (Å²) in [5, 5.41) is 0. The maximum absolute atomic E-state index is 4.06. The number of rotatable bonds is 12. The molecule has 0 radical (unpaired) electrons. The Morgan fingerprint density at radius 3 is 1.76 bits per heavy atom. The second-order valence-electron chi connectivity index (χ2n) is 8.25. The average molecular weight is 454 g/mol. The molecule has 0 bridgehead atoms. The molecule has 0 N–H and O–H groups in total. The molecule has 0 atom stereocenters. The van der Waals surface area contributed by atoms with Crippen molar-refractivity contribution in [3.63, 3.8) is 0 Å². The van der Waals surface area contributed by atoms with Crippen molar-refractivity contribution in [3.05, 3.63) is 0 Å². The molecular weight excluding hydrogens is 409 g/mol. The topological polar surface area (TPSA) is 3.24 Å². The predicted molar refractivity (Wildman–Crippen MR) is 117 cm³/mol. The van der Waals surface area contributed by atoms with Crippen LogP contribution < -0.4 is 0 Å². The third-order valence-electron chi connectivity index (χ3n) is 6.16. The number of hydrogen-bond acceptors (Lipinski definition) is 1. The Morgan fingerprint density at radius 1 is 0.800 bits per heavy atom. The molecule has 2 heteroatoms. The van der Waals surface area contributed by atoms with Gasteiger partial charge >= 0.3 is 164 Å². The Balaban J connectivity index is 2.76. The summed E-state index contributed by atoms with van der Waals surface area (Å²) >= 11 is -2.23. The van der Waals surface area contributed by atoms with Crippen LogP contribution in [0.15, 0.2) is 0 Å². The summed E-state index contributed by atoms with van der Waals surface area (Å²) in [4.78, 5) is 2.68. The Hall–Kier alpha value is 0.319. The summed E-state index contributed by atoms with van der Waals surface area (Å²) in [6.07, 6.45) is 15.5. The van der Waals surface area contributed by atoms with Gasteiger partial charge in [0.25, 0.3) is 0 Å². The Morgan fingerprint density at radius 2 is 1.32 bits per heavy atom. The van der Waals surface area contributed by atoms with Crippen molar-refractivity contribution in [3.8, 4) is 9.86 Å². The first-order valence-corrected chi connectivity index (χ1v) is 18.9. The van der Waals surface area contributed by atoms with Crippen LogP contribution in [-0.2, 0) is 0 Å². The Labute approximate surface area is 163 Å². The van der Waals surface area contributed by atoms with E-state index in [9.17, 15) is 0 Å². The molecule has 0 spiro atoms. The van der Waals surface area contributed by atoms with E-state index in [1.54, 1.807) is 0 Å². The molecule has 146 valence electrons. The van der Waals surface area contributed by atoms with E-state index < -0.39 is 18.4 Å². The van der Waals surface area contributed by atoms with E-state index in [0.29, 0.717) is 0 Å². The molecule has 1 saturated carbocycles. The minimum atomic E-state index is -2.23.